The highest BCUT2D eigenvalue weighted by Gasteiger charge is 2.44. The average Bonchev–Trinajstić information content (AvgIpc) is 3.16. The molecule has 102 valence electrons. The van der Waals surface area contributed by atoms with Crippen LogP contribution < -0.4 is 0 Å². The number of rotatable bonds is 1. The lowest BCUT2D eigenvalue weighted by molar-refractivity contribution is 0.493. The Morgan fingerprint density at radius 1 is 0.762 bits per heavy atom. The topological polar surface area (TPSA) is 0 Å². The first-order valence-electron chi connectivity index (χ1n) is 7.72. The lowest BCUT2D eigenvalue weighted by Gasteiger charge is -2.24. The van der Waals surface area contributed by atoms with Gasteiger partial charge in [-0.15, -0.1) is 0 Å². The van der Waals surface area contributed by atoms with E-state index in [9.17, 15) is 0 Å². The fourth-order valence-corrected chi connectivity index (χ4v) is 3.84. The Morgan fingerprint density at radius 2 is 1.43 bits per heavy atom. The molecule has 0 aromatic heterocycles. The van der Waals surface area contributed by atoms with Gasteiger partial charge in [0.25, 0.3) is 0 Å². The minimum Gasteiger partial charge on any atom is -0.0932 e. The minimum atomic E-state index is 0.461. The third-order valence-electron chi connectivity index (χ3n) is 4.80. The normalized spacial score (nSPS) is 29.1. The van der Waals surface area contributed by atoms with Crippen LogP contribution >= 0.6 is 0 Å². The Balaban J connectivity index is 1.67. The molecular formula is C21H18. The van der Waals surface area contributed by atoms with E-state index in [0.29, 0.717) is 23.7 Å². The van der Waals surface area contributed by atoms with Gasteiger partial charge in [-0.05, 0) is 36.0 Å². The van der Waals surface area contributed by atoms with Gasteiger partial charge in [-0.3, -0.25) is 0 Å². The zero-order chi connectivity index (χ0) is 14.1. The van der Waals surface area contributed by atoms with Crippen molar-refractivity contribution >= 4 is 0 Å². The van der Waals surface area contributed by atoms with Crippen LogP contribution in [0, 0.1) is 29.6 Å². The molecule has 2 aromatic rings. The van der Waals surface area contributed by atoms with Crippen molar-refractivity contribution in [2.45, 2.75) is 12.3 Å². The molecular weight excluding hydrogens is 252 g/mol. The summed E-state index contributed by atoms with van der Waals surface area (Å²) >= 11 is 0. The molecule has 4 unspecified atom stereocenters. The van der Waals surface area contributed by atoms with Crippen LogP contribution in [0.5, 0.6) is 0 Å². The zero-order valence-electron chi connectivity index (χ0n) is 11.9. The summed E-state index contributed by atoms with van der Waals surface area (Å²) in [5.74, 6) is 9.30. The fourth-order valence-electron chi connectivity index (χ4n) is 3.84. The molecule has 0 radical (unpaired) electrons. The van der Waals surface area contributed by atoms with Crippen molar-refractivity contribution in [2.24, 2.45) is 17.8 Å². The molecule has 0 heteroatoms. The number of hydrogen-bond donors (Lipinski definition) is 0. The Hall–Kier alpha value is -2.26. The SMILES string of the molecule is C(#CC1C2C=CC(C2)C1c1ccccc1)c1ccccc1. The predicted octanol–water partition coefficient (Wildman–Crippen LogP) is 4.64. The summed E-state index contributed by atoms with van der Waals surface area (Å²) in [7, 11) is 0. The van der Waals surface area contributed by atoms with E-state index in [1.54, 1.807) is 0 Å². The largest absolute Gasteiger partial charge is 0.0932 e. The van der Waals surface area contributed by atoms with Gasteiger partial charge in [-0.1, -0.05) is 72.5 Å². The molecule has 4 rings (SSSR count). The highest BCUT2D eigenvalue weighted by molar-refractivity contribution is 5.39. The molecule has 2 aromatic carbocycles. The number of allylic oxidation sites excluding steroid dienone is 2. The van der Waals surface area contributed by atoms with Gasteiger partial charge < -0.3 is 0 Å². The zero-order valence-corrected chi connectivity index (χ0v) is 11.9. The number of fused-ring (bicyclic) bond motifs is 2. The molecule has 2 aliphatic rings. The maximum absolute atomic E-state index is 3.58. The molecule has 0 heterocycles. The van der Waals surface area contributed by atoms with Crippen molar-refractivity contribution in [3.05, 3.63) is 83.9 Å². The van der Waals surface area contributed by atoms with Gasteiger partial charge in [-0.2, -0.15) is 0 Å². The van der Waals surface area contributed by atoms with Crippen LogP contribution in [-0.2, 0) is 0 Å². The Kier molecular flexibility index (Phi) is 3.13. The molecule has 0 spiro atoms. The Labute approximate surface area is 126 Å². The van der Waals surface area contributed by atoms with Crippen LogP contribution in [-0.4, -0.2) is 0 Å². The van der Waals surface area contributed by atoms with Crippen LogP contribution in [0.3, 0.4) is 0 Å². The van der Waals surface area contributed by atoms with Crippen LogP contribution in [0.2, 0.25) is 0 Å². The summed E-state index contributed by atoms with van der Waals surface area (Å²) in [5.41, 5.74) is 2.57. The smallest absolute Gasteiger partial charge is 0.0343 e. The van der Waals surface area contributed by atoms with E-state index >= 15 is 0 Å². The fraction of sp³-hybridized carbons (Fsp3) is 0.238. The number of hydrogen-bond acceptors (Lipinski definition) is 0. The predicted molar refractivity (Wildman–Crippen MR) is 86.7 cm³/mol. The molecule has 4 atom stereocenters. The lowest BCUT2D eigenvalue weighted by Crippen LogP contribution is -2.16. The van der Waals surface area contributed by atoms with E-state index in [1.807, 2.05) is 6.07 Å². The van der Waals surface area contributed by atoms with E-state index < -0.39 is 0 Å². The maximum Gasteiger partial charge on any atom is 0.0343 e. The highest BCUT2D eigenvalue weighted by Crippen LogP contribution is 2.52. The Morgan fingerprint density at radius 3 is 2.19 bits per heavy atom. The molecule has 0 saturated heterocycles. The van der Waals surface area contributed by atoms with Crippen molar-refractivity contribution in [1.29, 1.82) is 0 Å². The summed E-state index contributed by atoms with van der Waals surface area (Å²) in [6.45, 7) is 0. The summed E-state index contributed by atoms with van der Waals surface area (Å²) in [6.07, 6.45) is 6.06. The van der Waals surface area contributed by atoms with Crippen LogP contribution in [0.15, 0.2) is 72.8 Å². The minimum absolute atomic E-state index is 0.461. The Bertz CT molecular complexity index is 700. The standard InChI is InChI=1S/C21H18/c1-3-7-16(8-4-1)11-14-20-18-12-13-19(15-18)21(20)17-9-5-2-6-10-17/h1-10,12-13,18-21H,15H2. The van der Waals surface area contributed by atoms with E-state index in [4.69, 9.17) is 0 Å². The van der Waals surface area contributed by atoms with Crippen LogP contribution in [0.25, 0.3) is 0 Å². The van der Waals surface area contributed by atoms with Gasteiger partial charge in [0.2, 0.25) is 0 Å². The monoisotopic (exact) mass is 270 g/mol. The van der Waals surface area contributed by atoms with Gasteiger partial charge in [0, 0.05) is 17.4 Å². The highest BCUT2D eigenvalue weighted by atomic mass is 14.5. The van der Waals surface area contributed by atoms with Gasteiger partial charge >= 0.3 is 0 Å². The summed E-state index contributed by atoms with van der Waals surface area (Å²) in [6, 6.07) is 21.2. The van der Waals surface area contributed by atoms with Crippen molar-refractivity contribution in [3.8, 4) is 11.8 Å². The molecule has 1 fully saturated rings. The quantitative estimate of drug-likeness (QED) is 0.523. The third kappa shape index (κ3) is 2.30. The lowest BCUT2D eigenvalue weighted by atomic mass is 9.79. The average molecular weight is 270 g/mol. The molecule has 0 amide bonds. The molecule has 0 N–H and O–H groups in total. The molecule has 0 nitrogen and oxygen atoms in total. The number of benzene rings is 2. The molecule has 1 saturated carbocycles. The maximum atomic E-state index is 3.58. The first-order chi connectivity index (χ1) is 10.4. The molecule has 2 bridgehead atoms. The molecule has 21 heavy (non-hydrogen) atoms. The second-order valence-corrected chi connectivity index (χ2v) is 6.05. The molecule has 0 aliphatic heterocycles. The van der Waals surface area contributed by atoms with Gasteiger partial charge in [0.05, 0.1) is 0 Å². The van der Waals surface area contributed by atoms with Crippen molar-refractivity contribution in [3.63, 3.8) is 0 Å². The summed E-state index contributed by atoms with van der Waals surface area (Å²) in [5, 5.41) is 0. The van der Waals surface area contributed by atoms with Gasteiger partial charge in [-0.25, -0.2) is 0 Å². The summed E-state index contributed by atoms with van der Waals surface area (Å²) < 4.78 is 0. The van der Waals surface area contributed by atoms with Crippen molar-refractivity contribution < 1.29 is 0 Å². The van der Waals surface area contributed by atoms with Crippen LogP contribution in [0.4, 0.5) is 0 Å². The summed E-state index contributed by atoms with van der Waals surface area (Å²) in [4.78, 5) is 0. The third-order valence-corrected chi connectivity index (χ3v) is 4.80. The van der Waals surface area contributed by atoms with Gasteiger partial charge in [0.15, 0.2) is 0 Å². The second-order valence-electron chi connectivity index (χ2n) is 6.05. The molecule has 2 aliphatic carbocycles. The second kappa shape index (κ2) is 5.26. The van der Waals surface area contributed by atoms with E-state index in [2.05, 4.69) is 78.6 Å². The van der Waals surface area contributed by atoms with Crippen molar-refractivity contribution in [1.82, 2.24) is 0 Å². The van der Waals surface area contributed by atoms with E-state index in [0.717, 1.165) is 5.56 Å². The van der Waals surface area contributed by atoms with E-state index in [-0.39, 0.29) is 0 Å². The van der Waals surface area contributed by atoms with E-state index in [1.165, 1.54) is 12.0 Å². The van der Waals surface area contributed by atoms with Crippen molar-refractivity contribution in [2.75, 3.05) is 0 Å². The first kappa shape index (κ1) is 12.5. The van der Waals surface area contributed by atoms with Gasteiger partial charge in [0.1, 0.15) is 0 Å². The first-order valence-corrected chi connectivity index (χ1v) is 7.72. The van der Waals surface area contributed by atoms with Crippen LogP contribution in [0.1, 0.15) is 23.5 Å².